The number of aromatic amines is 1. The Kier molecular flexibility index (Phi) is 6.64. The third-order valence-electron chi connectivity index (χ3n) is 4.52. The maximum atomic E-state index is 12.0. The van der Waals surface area contributed by atoms with Gasteiger partial charge < -0.3 is 19.4 Å². The van der Waals surface area contributed by atoms with Crippen molar-refractivity contribution in [2.24, 2.45) is 0 Å². The minimum Gasteiger partial charge on any atom is -0.491 e. The van der Waals surface area contributed by atoms with Gasteiger partial charge in [-0.05, 0) is 32.4 Å². The largest absolute Gasteiger partial charge is 0.491 e. The molecule has 162 valence electrons. The molecule has 3 rings (SSSR count). The van der Waals surface area contributed by atoms with Crippen LogP contribution in [0.5, 0.6) is 17.4 Å². The molecule has 3 aromatic rings. The van der Waals surface area contributed by atoms with Crippen LogP contribution < -0.4 is 15.0 Å². The molecule has 1 unspecified atom stereocenters. The van der Waals surface area contributed by atoms with Gasteiger partial charge in [0.15, 0.2) is 0 Å². The number of carbonyl (C=O) groups is 1. The number of benzene rings is 1. The van der Waals surface area contributed by atoms with Gasteiger partial charge in [0, 0.05) is 37.5 Å². The number of aryl methyl sites for hydroxylation is 1. The molecular weight excluding hydrogens is 398 g/mol. The van der Waals surface area contributed by atoms with Gasteiger partial charge in [0.25, 0.3) is 11.5 Å². The molecule has 0 aliphatic heterocycles. The summed E-state index contributed by atoms with van der Waals surface area (Å²) in [6.45, 7) is 5.68. The maximum Gasteiger partial charge on any atom is 0.273 e. The number of nitrogens with zero attached hydrogens (tertiary/aromatic N) is 4. The van der Waals surface area contributed by atoms with Crippen LogP contribution >= 0.6 is 0 Å². The third kappa shape index (κ3) is 5.44. The normalized spacial score (nSPS) is 11.6. The van der Waals surface area contributed by atoms with Crippen LogP contribution in [0.15, 0.2) is 41.6 Å². The average molecular weight is 423 g/mol. The Morgan fingerprint density at radius 3 is 2.45 bits per heavy atom. The average Bonchev–Trinajstić information content (AvgIpc) is 2.75. The Hall–Kier alpha value is -3.75. The van der Waals surface area contributed by atoms with E-state index in [2.05, 4.69) is 19.9 Å². The van der Waals surface area contributed by atoms with Gasteiger partial charge in [0.2, 0.25) is 5.88 Å². The molecule has 0 fully saturated rings. The highest BCUT2D eigenvalue weighted by Gasteiger charge is 2.13. The molecule has 1 N–H and O–H groups in total. The number of H-pyrrole nitrogens is 1. The summed E-state index contributed by atoms with van der Waals surface area (Å²) in [5, 5.41) is 0. The van der Waals surface area contributed by atoms with E-state index in [9.17, 15) is 9.59 Å². The molecule has 0 saturated carbocycles. The molecule has 0 aliphatic rings. The van der Waals surface area contributed by atoms with Crippen LogP contribution in [0.25, 0.3) is 11.4 Å². The minimum absolute atomic E-state index is 0.00996. The summed E-state index contributed by atoms with van der Waals surface area (Å²) in [4.78, 5) is 40.8. The Balaban J connectivity index is 1.94. The highest BCUT2D eigenvalue weighted by atomic mass is 16.5. The number of hydrogen-bond donors (Lipinski definition) is 1. The summed E-state index contributed by atoms with van der Waals surface area (Å²) in [5.41, 5.74) is 1.15. The summed E-state index contributed by atoms with van der Waals surface area (Å²) in [5.74, 6) is 1.36. The van der Waals surface area contributed by atoms with Crippen molar-refractivity contribution in [1.29, 1.82) is 0 Å². The smallest absolute Gasteiger partial charge is 0.273 e. The zero-order chi connectivity index (χ0) is 22.5. The predicted molar refractivity (Wildman–Crippen MR) is 116 cm³/mol. The van der Waals surface area contributed by atoms with E-state index >= 15 is 0 Å². The lowest BCUT2D eigenvalue weighted by molar-refractivity contribution is 0.0821. The van der Waals surface area contributed by atoms with Gasteiger partial charge in [-0.25, -0.2) is 15.0 Å². The molecule has 0 bridgehead atoms. The van der Waals surface area contributed by atoms with E-state index in [0.29, 0.717) is 28.5 Å². The fourth-order valence-corrected chi connectivity index (χ4v) is 2.59. The Morgan fingerprint density at radius 2 is 1.84 bits per heavy atom. The predicted octanol–water partition coefficient (Wildman–Crippen LogP) is 3.21. The third-order valence-corrected chi connectivity index (χ3v) is 4.52. The van der Waals surface area contributed by atoms with Gasteiger partial charge in [0.05, 0.1) is 18.5 Å². The zero-order valence-electron chi connectivity index (χ0n) is 18.2. The zero-order valence-corrected chi connectivity index (χ0v) is 18.2. The molecule has 2 aromatic heterocycles. The Bertz CT molecular complexity index is 1130. The van der Waals surface area contributed by atoms with E-state index in [1.165, 1.54) is 23.5 Å². The number of nitrogens with one attached hydrogen (secondary N) is 1. The van der Waals surface area contributed by atoms with E-state index in [-0.39, 0.29) is 29.1 Å². The lowest BCUT2D eigenvalue weighted by Crippen LogP contribution is -2.22. The monoisotopic (exact) mass is 423 g/mol. The fourth-order valence-electron chi connectivity index (χ4n) is 2.59. The van der Waals surface area contributed by atoms with Gasteiger partial charge in [-0.15, -0.1) is 0 Å². The summed E-state index contributed by atoms with van der Waals surface area (Å²) in [6.07, 6.45) is 5.07. The van der Waals surface area contributed by atoms with Crippen molar-refractivity contribution in [2.45, 2.75) is 33.3 Å². The Labute approximate surface area is 180 Å². The molecule has 0 radical (unpaired) electrons. The maximum absolute atomic E-state index is 12.0. The molecule has 0 aliphatic carbocycles. The molecule has 0 spiro atoms. The van der Waals surface area contributed by atoms with Gasteiger partial charge >= 0.3 is 0 Å². The molecule has 31 heavy (non-hydrogen) atoms. The first-order chi connectivity index (χ1) is 14.8. The fraction of sp³-hybridized carbons (Fsp3) is 0.318. The lowest BCUT2D eigenvalue weighted by Gasteiger charge is -2.15. The van der Waals surface area contributed by atoms with Crippen molar-refractivity contribution < 1.29 is 14.3 Å². The van der Waals surface area contributed by atoms with Crippen LogP contribution in [0.2, 0.25) is 0 Å². The van der Waals surface area contributed by atoms with E-state index in [0.717, 1.165) is 6.42 Å². The summed E-state index contributed by atoms with van der Waals surface area (Å²) in [6, 6.07) is 5.23. The summed E-state index contributed by atoms with van der Waals surface area (Å²) >= 11 is 0. The van der Waals surface area contributed by atoms with Crippen LogP contribution in [0, 0.1) is 6.92 Å². The SMILES string of the molecule is CCC(C)Oc1cc(Oc2cnc(C(=O)N(C)C)cn2)cc(-c2ncc(C)c(=O)[nH]2)c1. The molecule has 1 atom stereocenters. The highest BCUT2D eigenvalue weighted by molar-refractivity contribution is 5.91. The first-order valence-corrected chi connectivity index (χ1v) is 9.86. The van der Waals surface area contributed by atoms with Crippen LogP contribution in [-0.4, -0.2) is 50.9 Å². The number of carbonyl (C=O) groups excluding carboxylic acids is 1. The van der Waals surface area contributed by atoms with E-state index in [4.69, 9.17) is 9.47 Å². The van der Waals surface area contributed by atoms with Crippen molar-refractivity contribution >= 4 is 5.91 Å². The van der Waals surface area contributed by atoms with Crippen molar-refractivity contribution in [3.63, 3.8) is 0 Å². The van der Waals surface area contributed by atoms with E-state index in [1.807, 2.05) is 13.8 Å². The number of rotatable bonds is 7. The molecule has 0 saturated heterocycles. The first kappa shape index (κ1) is 21.9. The second kappa shape index (κ2) is 9.38. The van der Waals surface area contributed by atoms with Gasteiger partial charge in [0.1, 0.15) is 23.0 Å². The number of hydrogen-bond acceptors (Lipinski definition) is 7. The second-order valence-electron chi connectivity index (χ2n) is 7.32. The van der Waals surface area contributed by atoms with E-state index < -0.39 is 0 Å². The quantitative estimate of drug-likeness (QED) is 0.621. The number of amides is 1. The Morgan fingerprint density at radius 1 is 1.10 bits per heavy atom. The van der Waals surface area contributed by atoms with Crippen molar-refractivity contribution in [1.82, 2.24) is 24.8 Å². The van der Waals surface area contributed by atoms with Crippen LogP contribution in [0.4, 0.5) is 0 Å². The first-order valence-electron chi connectivity index (χ1n) is 9.86. The van der Waals surface area contributed by atoms with Gasteiger partial charge in [-0.2, -0.15) is 0 Å². The van der Waals surface area contributed by atoms with Crippen LogP contribution in [0.3, 0.4) is 0 Å². The standard InChI is InChI=1S/C22H25N5O4/c1-6-14(3)30-16-7-15(20-25-10-13(2)21(28)26-20)8-17(9-16)31-19-12-23-18(11-24-19)22(29)27(4)5/h7-12,14H,6H2,1-5H3,(H,25,26,28). The topological polar surface area (TPSA) is 110 Å². The van der Waals surface area contributed by atoms with E-state index in [1.54, 1.807) is 39.2 Å². The molecule has 1 amide bonds. The van der Waals surface area contributed by atoms with Crippen LogP contribution in [-0.2, 0) is 0 Å². The number of ether oxygens (including phenoxy) is 2. The lowest BCUT2D eigenvalue weighted by atomic mass is 10.1. The second-order valence-corrected chi connectivity index (χ2v) is 7.32. The van der Waals surface area contributed by atoms with Crippen molar-refractivity contribution in [3.8, 4) is 28.8 Å². The van der Waals surface area contributed by atoms with Gasteiger partial charge in [-0.1, -0.05) is 6.92 Å². The van der Waals surface area contributed by atoms with Crippen molar-refractivity contribution in [3.05, 3.63) is 58.4 Å². The molecule has 9 nitrogen and oxygen atoms in total. The molecule has 1 aromatic carbocycles. The summed E-state index contributed by atoms with van der Waals surface area (Å²) < 4.78 is 11.8. The molecular formula is C22H25N5O4. The summed E-state index contributed by atoms with van der Waals surface area (Å²) in [7, 11) is 3.28. The highest BCUT2D eigenvalue weighted by Crippen LogP contribution is 2.31. The van der Waals surface area contributed by atoms with Crippen molar-refractivity contribution in [2.75, 3.05) is 14.1 Å². The molecule has 2 heterocycles. The van der Waals surface area contributed by atoms with Crippen LogP contribution in [0.1, 0.15) is 36.3 Å². The molecule has 9 heteroatoms. The van der Waals surface area contributed by atoms with Gasteiger partial charge in [-0.3, -0.25) is 9.59 Å². The minimum atomic E-state index is -0.250. The number of aromatic nitrogens is 4.